The molecule has 0 saturated carbocycles. The fraction of sp³-hybridized carbons (Fsp3) is 0.462. The highest BCUT2D eigenvalue weighted by molar-refractivity contribution is 7.99. The van der Waals surface area contributed by atoms with Gasteiger partial charge >= 0.3 is 0 Å². The molecule has 0 atom stereocenters. The minimum atomic E-state index is -0.622. The monoisotopic (exact) mass is 291 g/mol. The van der Waals surface area contributed by atoms with Crippen LogP contribution in [-0.4, -0.2) is 49.8 Å². The van der Waals surface area contributed by atoms with Crippen LogP contribution in [0, 0.1) is 0 Å². The third kappa shape index (κ3) is 3.00. The van der Waals surface area contributed by atoms with Gasteiger partial charge in [-0.15, -0.1) is 5.10 Å². The molecule has 0 spiro atoms. The van der Waals surface area contributed by atoms with Gasteiger partial charge in [0.15, 0.2) is 0 Å². The fourth-order valence-electron chi connectivity index (χ4n) is 2.24. The Kier molecular flexibility index (Phi) is 4.00. The fourth-order valence-corrected chi connectivity index (χ4v) is 3.28. The molecule has 7 heteroatoms. The smallest absolute Gasteiger partial charge is 0.214 e. The quantitative estimate of drug-likeness (QED) is 0.814. The van der Waals surface area contributed by atoms with Crippen LogP contribution >= 0.6 is 11.8 Å². The summed E-state index contributed by atoms with van der Waals surface area (Å²) in [5.41, 5.74) is 0.306. The number of tetrazole rings is 1. The zero-order valence-electron chi connectivity index (χ0n) is 11.1. The lowest BCUT2D eigenvalue weighted by atomic mass is 9.95. The van der Waals surface area contributed by atoms with Gasteiger partial charge in [-0.3, -0.25) is 0 Å². The third-order valence-corrected chi connectivity index (χ3v) is 4.64. The van der Waals surface area contributed by atoms with Crippen molar-refractivity contribution in [3.8, 4) is 5.69 Å². The molecular weight excluding hydrogens is 274 g/mol. The van der Waals surface area contributed by atoms with Gasteiger partial charge in [-0.1, -0.05) is 30.0 Å². The number of aromatic nitrogens is 4. The average molecular weight is 291 g/mol. The molecule has 20 heavy (non-hydrogen) atoms. The number of aliphatic hydroxyl groups is 1. The summed E-state index contributed by atoms with van der Waals surface area (Å²) in [4.78, 5) is 0. The van der Waals surface area contributed by atoms with Crippen molar-refractivity contribution in [1.29, 1.82) is 0 Å². The molecule has 1 aromatic heterocycles. The van der Waals surface area contributed by atoms with Crippen LogP contribution in [0.2, 0.25) is 0 Å². The molecule has 0 unspecified atom stereocenters. The molecule has 1 aliphatic rings. The first-order chi connectivity index (χ1) is 9.77. The number of piperidine rings is 1. The van der Waals surface area contributed by atoms with Crippen LogP contribution in [0.1, 0.15) is 12.8 Å². The first-order valence-electron chi connectivity index (χ1n) is 6.67. The van der Waals surface area contributed by atoms with E-state index >= 15 is 0 Å². The molecule has 2 aromatic rings. The number of hydrogen-bond donors (Lipinski definition) is 2. The maximum atomic E-state index is 10.5. The Bertz CT molecular complexity index is 553. The molecule has 0 bridgehead atoms. The zero-order valence-corrected chi connectivity index (χ0v) is 11.9. The highest BCUT2D eigenvalue weighted by atomic mass is 32.2. The van der Waals surface area contributed by atoms with Crippen molar-refractivity contribution >= 4 is 11.8 Å². The lowest BCUT2D eigenvalue weighted by molar-refractivity contribution is 0.0338. The van der Waals surface area contributed by atoms with Crippen LogP contribution in [0.15, 0.2) is 35.5 Å². The van der Waals surface area contributed by atoms with Gasteiger partial charge in [0, 0.05) is 5.75 Å². The minimum absolute atomic E-state index is 0.613. The highest BCUT2D eigenvalue weighted by Crippen LogP contribution is 2.27. The van der Waals surface area contributed by atoms with E-state index in [1.165, 1.54) is 11.8 Å². The Morgan fingerprint density at radius 3 is 2.75 bits per heavy atom. The lowest BCUT2D eigenvalue weighted by Gasteiger charge is -2.31. The number of nitrogens with zero attached hydrogens (tertiary/aromatic N) is 4. The number of benzene rings is 1. The Hall–Kier alpha value is -1.44. The predicted octanol–water partition coefficient (Wildman–Crippen LogP) is 0.869. The molecule has 0 radical (unpaired) electrons. The molecule has 1 aromatic carbocycles. The van der Waals surface area contributed by atoms with E-state index in [1.54, 1.807) is 4.68 Å². The van der Waals surface area contributed by atoms with E-state index in [2.05, 4.69) is 20.8 Å². The Balaban J connectivity index is 1.71. The van der Waals surface area contributed by atoms with Gasteiger partial charge in [-0.2, -0.15) is 4.68 Å². The topological polar surface area (TPSA) is 75.9 Å². The first-order valence-corrected chi connectivity index (χ1v) is 7.65. The standard InChI is InChI=1S/C13H17N5OS/c19-13(6-8-14-9-7-13)10-20-12-15-16-17-18(12)11-4-2-1-3-5-11/h1-5,14,19H,6-10H2. The summed E-state index contributed by atoms with van der Waals surface area (Å²) < 4.78 is 1.70. The second-order valence-corrected chi connectivity index (χ2v) is 5.91. The number of nitrogens with one attached hydrogen (secondary N) is 1. The number of para-hydroxylation sites is 1. The van der Waals surface area contributed by atoms with Crippen LogP contribution in [0.3, 0.4) is 0 Å². The van der Waals surface area contributed by atoms with Gasteiger partial charge in [0.05, 0.1) is 11.3 Å². The Morgan fingerprint density at radius 2 is 2.00 bits per heavy atom. The van der Waals surface area contributed by atoms with Gasteiger partial charge in [0.2, 0.25) is 5.16 Å². The maximum Gasteiger partial charge on any atom is 0.214 e. The average Bonchev–Trinajstić information content (AvgIpc) is 2.95. The summed E-state index contributed by atoms with van der Waals surface area (Å²) in [6.45, 7) is 1.72. The van der Waals surface area contributed by atoms with E-state index < -0.39 is 5.60 Å². The van der Waals surface area contributed by atoms with E-state index in [0.717, 1.165) is 31.6 Å². The van der Waals surface area contributed by atoms with Crippen LogP contribution in [-0.2, 0) is 0 Å². The molecule has 106 valence electrons. The molecule has 2 N–H and O–H groups in total. The summed E-state index contributed by atoms with van der Waals surface area (Å²) in [6.07, 6.45) is 1.54. The third-order valence-electron chi connectivity index (χ3n) is 3.45. The summed E-state index contributed by atoms with van der Waals surface area (Å²) in [5.74, 6) is 0.613. The van der Waals surface area contributed by atoms with Crippen molar-refractivity contribution in [3.05, 3.63) is 30.3 Å². The van der Waals surface area contributed by atoms with Crippen LogP contribution in [0.5, 0.6) is 0 Å². The molecule has 1 aliphatic heterocycles. The lowest BCUT2D eigenvalue weighted by Crippen LogP contribution is -2.43. The summed E-state index contributed by atoms with van der Waals surface area (Å²) in [6, 6.07) is 9.77. The molecule has 0 amide bonds. The Labute approximate surface area is 121 Å². The molecular formula is C13H17N5OS. The molecule has 6 nitrogen and oxygen atoms in total. The van der Waals surface area contributed by atoms with Gasteiger partial charge in [-0.25, -0.2) is 0 Å². The van der Waals surface area contributed by atoms with Crippen molar-refractivity contribution in [2.45, 2.75) is 23.6 Å². The Morgan fingerprint density at radius 1 is 1.25 bits per heavy atom. The normalized spacial score (nSPS) is 18.1. The van der Waals surface area contributed by atoms with Crippen molar-refractivity contribution in [2.24, 2.45) is 0 Å². The second-order valence-electron chi connectivity index (χ2n) is 4.97. The van der Waals surface area contributed by atoms with Crippen molar-refractivity contribution in [2.75, 3.05) is 18.8 Å². The van der Waals surface area contributed by atoms with E-state index in [4.69, 9.17) is 0 Å². The van der Waals surface area contributed by atoms with Crippen LogP contribution in [0.4, 0.5) is 0 Å². The largest absolute Gasteiger partial charge is 0.389 e. The molecule has 1 fully saturated rings. The van der Waals surface area contributed by atoms with Crippen molar-refractivity contribution < 1.29 is 5.11 Å². The molecule has 0 aliphatic carbocycles. The summed E-state index contributed by atoms with van der Waals surface area (Å²) >= 11 is 1.50. The number of rotatable bonds is 4. The summed E-state index contributed by atoms with van der Waals surface area (Å²) in [7, 11) is 0. The minimum Gasteiger partial charge on any atom is -0.389 e. The maximum absolute atomic E-state index is 10.5. The van der Waals surface area contributed by atoms with Crippen LogP contribution in [0.25, 0.3) is 5.69 Å². The molecule has 3 rings (SSSR count). The predicted molar refractivity (Wildman–Crippen MR) is 76.9 cm³/mol. The van der Waals surface area contributed by atoms with Crippen molar-refractivity contribution in [1.82, 2.24) is 25.5 Å². The van der Waals surface area contributed by atoms with Gasteiger partial charge in [0.1, 0.15) is 0 Å². The van der Waals surface area contributed by atoms with E-state index in [-0.39, 0.29) is 0 Å². The highest BCUT2D eigenvalue weighted by Gasteiger charge is 2.30. The number of thioether (sulfide) groups is 1. The molecule has 2 heterocycles. The van der Waals surface area contributed by atoms with E-state index in [0.29, 0.717) is 10.9 Å². The SMILES string of the molecule is OC1(CSc2nnnn2-c2ccccc2)CCNCC1. The first kappa shape index (κ1) is 13.5. The van der Waals surface area contributed by atoms with E-state index in [9.17, 15) is 5.11 Å². The van der Waals surface area contributed by atoms with Gasteiger partial charge < -0.3 is 10.4 Å². The van der Waals surface area contributed by atoms with Crippen LogP contribution < -0.4 is 5.32 Å². The second kappa shape index (κ2) is 5.90. The van der Waals surface area contributed by atoms with Crippen molar-refractivity contribution in [3.63, 3.8) is 0 Å². The molecule has 1 saturated heterocycles. The van der Waals surface area contributed by atoms with Gasteiger partial charge in [0.25, 0.3) is 0 Å². The van der Waals surface area contributed by atoms with Gasteiger partial charge in [-0.05, 0) is 48.5 Å². The number of hydrogen-bond acceptors (Lipinski definition) is 6. The zero-order chi connectivity index (χ0) is 13.8. The summed E-state index contributed by atoms with van der Waals surface area (Å²) in [5, 5.41) is 26.3. The van der Waals surface area contributed by atoms with E-state index in [1.807, 2.05) is 30.3 Å².